The molecule has 1 aromatic rings. The normalized spacial score (nSPS) is 18.5. The third kappa shape index (κ3) is 1.72. The van der Waals surface area contributed by atoms with Crippen molar-refractivity contribution in [1.82, 2.24) is 0 Å². The van der Waals surface area contributed by atoms with Crippen molar-refractivity contribution < 1.29 is 9.59 Å². The van der Waals surface area contributed by atoms with Crippen LogP contribution in [0.4, 0.5) is 0 Å². The molecule has 1 aromatic carbocycles. The molecule has 0 saturated carbocycles. The number of ketones is 2. The molecule has 0 radical (unpaired) electrons. The highest BCUT2D eigenvalue weighted by Crippen LogP contribution is 2.35. The number of benzene rings is 1. The van der Waals surface area contributed by atoms with Crippen LogP contribution in [0.3, 0.4) is 0 Å². The van der Waals surface area contributed by atoms with Gasteiger partial charge in [-0.15, -0.1) is 0 Å². The lowest BCUT2D eigenvalue weighted by atomic mass is 10.0. The van der Waals surface area contributed by atoms with Crippen molar-refractivity contribution in [2.75, 3.05) is 0 Å². The van der Waals surface area contributed by atoms with Crippen LogP contribution >= 0.6 is 31.9 Å². The van der Waals surface area contributed by atoms with E-state index in [2.05, 4.69) is 31.9 Å². The summed E-state index contributed by atoms with van der Waals surface area (Å²) in [6.45, 7) is 0. The maximum atomic E-state index is 12.0. The van der Waals surface area contributed by atoms with E-state index in [1.807, 2.05) is 6.07 Å². The second-order valence-corrected chi connectivity index (χ2v) is 6.63. The average Bonchev–Trinajstić information content (AvgIpc) is 2.31. The van der Waals surface area contributed by atoms with Gasteiger partial charge in [0, 0.05) is 5.56 Å². The van der Waals surface area contributed by atoms with Crippen molar-refractivity contribution in [3.63, 3.8) is 0 Å². The number of alkyl halides is 2. The number of carbonyl (C=O) groups excluding carboxylic acids is 2. The van der Waals surface area contributed by atoms with Crippen LogP contribution in [0.2, 0.25) is 0 Å². The number of fused-ring (bicyclic) bond motifs is 1. The fourth-order valence-electron chi connectivity index (χ4n) is 1.40. The molecule has 0 aromatic heterocycles. The molecule has 0 N–H and O–H groups in total. The topological polar surface area (TPSA) is 34.1 Å². The van der Waals surface area contributed by atoms with Crippen molar-refractivity contribution in [2.45, 2.75) is 3.23 Å². The second kappa shape index (κ2) is 3.68. The summed E-state index contributed by atoms with van der Waals surface area (Å²) in [7, 11) is 0. The van der Waals surface area contributed by atoms with Crippen LogP contribution in [0.25, 0.3) is 6.08 Å². The molecule has 2 rings (SSSR count). The van der Waals surface area contributed by atoms with E-state index in [9.17, 15) is 9.59 Å². The van der Waals surface area contributed by atoms with Crippen molar-refractivity contribution in [3.05, 3.63) is 41.5 Å². The molecular formula is C11H6Br2O2. The number of rotatable bonds is 0. The summed E-state index contributed by atoms with van der Waals surface area (Å²) in [6, 6.07) is 7.11. The first-order valence-electron chi connectivity index (χ1n) is 4.27. The molecule has 15 heavy (non-hydrogen) atoms. The maximum Gasteiger partial charge on any atom is 0.205 e. The lowest BCUT2D eigenvalue weighted by Crippen LogP contribution is -2.32. The predicted molar refractivity (Wildman–Crippen MR) is 65.4 cm³/mol. The quantitative estimate of drug-likeness (QED) is 0.541. The van der Waals surface area contributed by atoms with E-state index in [4.69, 9.17) is 0 Å². The Bertz CT molecular complexity index is 475. The Morgan fingerprint density at radius 3 is 2.40 bits per heavy atom. The molecule has 0 atom stereocenters. The van der Waals surface area contributed by atoms with Gasteiger partial charge in [-0.25, -0.2) is 0 Å². The first-order chi connectivity index (χ1) is 7.03. The molecule has 0 aliphatic heterocycles. The zero-order valence-electron chi connectivity index (χ0n) is 7.54. The molecule has 0 heterocycles. The standard InChI is InChI=1S/C11H6Br2O2/c12-11(13)9(14)6-5-7-3-1-2-4-8(7)10(11)15/h1-6H. The summed E-state index contributed by atoms with van der Waals surface area (Å²) < 4.78 is -1.32. The van der Waals surface area contributed by atoms with Gasteiger partial charge >= 0.3 is 0 Å². The zero-order valence-corrected chi connectivity index (χ0v) is 10.7. The van der Waals surface area contributed by atoms with Gasteiger partial charge in [0.1, 0.15) is 0 Å². The predicted octanol–water partition coefficient (Wildman–Crippen LogP) is 2.95. The van der Waals surface area contributed by atoms with Gasteiger partial charge in [0.15, 0.2) is 11.6 Å². The highest BCUT2D eigenvalue weighted by molar-refractivity contribution is 9.26. The highest BCUT2D eigenvalue weighted by Gasteiger charge is 2.41. The molecule has 0 fully saturated rings. The smallest absolute Gasteiger partial charge is 0.205 e. The minimum atomic E-state index is -1.32. The SMILES string of the molecule is O=C1C=Cc2ccccc2C(=O)C1(Br)Br. The molecule has 0 saturated heterocycles. The molecule has 0 spiro atoms. The van der Waals surface area contributed by atoms with Gasteiger partial charge in [0.2, 0.25) is 3.23 Å². The Morgan fingerprint density at radius 2 is 1.67 bits per heavy atom. The lowest BCUT2D eigenvalue weighted by molar-refractivity contribution is -0.113. The summed E-state index contributed by atoms with van der Waals surface area (Å²) >= 11 is 6.22. The minimum absolute atomic E-state index is 0.270. The van der Waals surface area contributed by atoms with E-state index < -0.39 is 3.23 Å². The molecular weight excluding hydrogens is 324 g/mol. The summed E-state index contributed by atoms with van der Waals surface area (Å²) in [4.78, 5) is 23.6. The van der Waals surface area contributed by atoms with E-state index in [1.165, 1.54) is 6.08 Å². The Morgan fingerprint density at radius 1 is 1.00 bits per heavy atom. The van der Waals surface area contributed by atoms with Gasteiger partial charge in [-0.1, -0.05) is 62.2 Å². The first kappa shape index (κ1) is 10.8. The van der Waals surface area contributed by atoms with Gasteiger partial charge in [-0.3, -0.25) is 9.59 Å². The average molecular weight is 330 g/mol. The molecule has 2 nitrogen and oxygen atoms in total. The van der Waals surface area contributed by atoms with Gasteiger partial charge in [0.25, 0.3) is 0 Å². The van der Waals surface area contributed by atoms with Gasteiger partial charge in [-0.05, 0) is 11.6 Å². The number of hydrogen-bond acceptors (Lipinski definition) is 2. The molecule has 0 bridgehead atoms. The minimum Gasteiger partial charge on any atom is -0.292 e. The molecule has 76 valence electrons. The fraction of sp³-hybridized carbons (Fsp3) is 0.0909. The van der Waals surface area contributed by atoms with Crippen LogP contribution in [0, 0.1) is 0 Å². The zero-order chi connectivity index (χ0) is 11.1. The van der Waals surface area contributed by atoms with Crippen LogP contribution in [0.1, 0.15) is 15.9 Å². The lowest BCUT2D eigenvalue weighted by Gasteiger charge is -2.14. The van der Waals surface area contributed by atoms with Crippen LogP contribution in [0.5, 0.6) is 0 Å². The van der Waals surface area contributed by atoms with E-state index in [0.29, 0.717) is 5.56 Å². The molecule has 1 aliphatic carbocycles. The van der Waals surface area contributed by atoms with Crippen molar-refractivity contribution in [2.24, 2.45) is 0 Å². The van der Waals surface area contributed by atoms with Crippen LogP contribution in [-0.4, -0.2) is 14.8 Å². The second-order valence-electron chi connectivity index (χ2n) is 3.19. The molecule has 4 heteroatoms. The third-order valence-corrected chi connectivity index (χ3v) is 3.72. The molecule has 0 unspecified atom stereocenters. The Kier molecular flexibility index (Phi) is 2.64. The number of hydrogen-bond donors (Lipinski definition) is 0. The number of halogens is 2. The van der Waals surface area contributed by atoms with Crippen LogP contribution in [-0.2, 0) is 4.79 Å². The summed E-state index contributed by atoms with van der Waals surface area (Å²) in [5, 5.41) is 0. The molecule has 0 amide bonds. The van der Waals surface area contributed by atoms with Crippen molar-refractivity contribution in [3.8, 4) is 0 Å². The largest absolute Gasteiger partial charge is 0.292 e. The van der Waals surface area contributed by atoms with Crippen LogP contribution in [0.15, 0.2) is 30.3 Å². The maximum absolute atomic E-state index is 12.0. The summed E-state index contributed by atoms with van der Waals surface area (Å²) in [6.07, 6.45) is 3.05. The van der Waals surface area contributed by atoms with Gasteiger partial charge in [-0.2, -0.15) is 0 Å². The van der Waals surface area contributed by atoms with E-state index >= 15 is 0 Å². The fourth-order valence-corrected chi connectivity index (χ4v) is 2.09. The Hall–Kier alpha value is -0.740. The third-order valence-electron chi connectivity index (χ3n) is 2.21. The molecule has 1 aliphatic rings. The summed E-state index contributed by atoms with van der Waals surface area (Å²) in [5.41, 5.74) is 1.30. The van der Waals surface area contributed by atoms with Gasteiger partial charge in [0.05, 0.1) is 0 Å². The summed E-state index contributed by atoms with van der Waals surface area (Å²) in [5.74, 6) is -0.572. The Labute approximate surface area is 104 Å². The van der Waals surface area contributed by atoms with E-state index in [0.717, 1.165) is 5.56 Å². The van der Waals surface area contributed by atoms with E-state index in [1.54, 1.807) is 24.3 Å². The number of carbonyl (C=O) groups is 2. The number of Topliss-reactive ketones (excluding diaryl/α,β-unsaturated/α-hetero) is 1. The first-order valence-corrected chi connectivity index (χ1v) is 5.86. The number of allylic oxidation sites excluding steroid dienone is 1. The monoisotopic (exact) mass is 328 g/mol. The highest BCUT2D eigenvalue weighted by atomic mass is 79.9. The van der Waals surface area contributed by atoms with Crippen molar-refractivity contribution in [1.29, 1.82) is 0 Å². The van der Waals surface area contributed by atoms with E-state index in [-0.39, 0.29) is 11.6 Å². The van der Waals surface area contributed by atoms with Crippen LogP contribution < -0.4 is 0 Å². The van der Waals surface area contributed by atoms with Gasteiger partial charge < -0.3 is 0 Å². The Balaban J connectivity index is 2.67. The van der Waals surface area contributed by atoms with Crippen molar-refractivity contribution >= 4 is 49.5 Å².